The number of benzene rings is 1. The van der Waals surface area contributed by atoms with E-state index in [1.807, 2.05) is 0 Å². The van der Waals surface area contributed by atoms with Gasteiger partial charge in [0, 0.05) is 19.4 Å². The Morgan fingerprint density at radius 1 is 1.00 bits per heavy atom. The molecule has 1 amide bonds. The average Bonchev–Trinajstić information content (AvgIpc) is 2.45. The first-order chi connectivity index (χ1) is 10.3. The maximum absolute atomic E-state index is 11.7. The summed E-state index contributed by atoms with van der Waals surface area (Å²) in [7, 11) is 0. The summed E-state index contributed by atoms with van der Waals surface area (Å²) in [5, 5.41) is 11.3. The summed E-state index contributed by atoms with van der Waals surface area (Å²) in [5.74, 6) is -0.819. The minimum Gasteiger partial charge on any atom is -0.481 e. The Labute approximate surface area is 132 Å². The van der Waals surface area contributed by atoms with Gasteiger partial charge in [-0.05, 0) is 74.8 Å². The molecular weight excluding hydrogens is 278 g/mol. The zero-order chi connectivity index (χ0) is 16.7. The Balaban J connectivity index is 2.41. The van der Waals surface area contributed by atoms with E-state index in [4.69, 9.17) is 5.11 Å². The predicted octanol–water partition coefficient (Wildman–Crippen LogP) is 3.22. The third-order valence-electron chi connectivity index (χ3n) is 4.24. The summed E-state index contributed by atoms with van der Waals surface area (Å²) < 4.78 is 0. The molecule has 0 heterocycles. The molecule has 2 N–H and O–H groups in total. The monoisotopic (exact) mass is 305 g/mol. The molecule has 0 saturated carbocycles. The van der Waals surface area contributed by atoms with Crippen molar-refractivity contribution in [2.24, 2.45) is 0 Å². The molecule has 22 heavy (non-hydrogen) atoms. The van der Waals surface area contributed by atoms with Gasteiger partial charge < -0.3 is 10.4 Å². The van der Waals surface area contributed by atoms with Crippen LogP contribution < -0.4 is 5.32 Å². The largest absolute Gasteiger partial charge is 0.481 e. The second-order valence-electron chi connectivity index (χ2n) is 5.94. The predicted molar refractivity (Wildman–Crippen MR) is 88.2 cm³/mol. The minimum absolute atomic E-state index is 0.00469. The molecule has 0 atom stereocenters. The number of amides is 1. The summed E-state index contributed by atoms with van der Waals surface area (Å²) in [6.45, 7) is 8.97. The maximum atomic E-state index is 11.7. The number of hydrogen-bond acceptors (Lipinski definition) is 2. The van der Waals surface area contributed by atoms with Crippen molar-refractivity contribution >= 4 is 11.9 Å². The van der Waals surface area contributed by atoms with Crippen molar-refractivity contribution in [3.8, 4) is 0 Å². The number of aryl methyl sites for hydroxylation is 2. The zero-order valence-corrected chi connectivity index (χ0v) is 14.1. The second kappa shape index (κ2) is 8.57. The van der Waals surface area contributed by atoms with E-state index in [-0.39, 0.29) is 12.3 Å². The number of carbonyl (C=O) groups excluding carboxylic acids is 1. The van der Waals surface area contributed by atoms with E-state index in [2.05, 4.69) is 39.1 Å². The van der Waals surface area contributed by atoms with E-state index in [9.17, 15) is 9.59 Å². The highest BCUT2D eigenvalue weighted by Gasteiger charge is 2.09. The van der Waals surface area contributed by atoms with Crippen molar-refractivity contribution in [1.29, 1.82) is 0 Å². The third kappa shape index (κ3) is 5.51. The second-order valence-corrected chi connectivity index (χ2v) is 5.94. The van der Waals surface area contributed by atoms with Crippen LogP contribution in [0.1, 0.15) is 53.5 Å². The van der Waals surface area contributed by atoms with Gasteiger partial charge in [-0.25, -0.2) is 0 Å². The molecule has 1 rings (SSSR count). The highest BCUT2D eigenvalue weighted by Crippen LogP contribution is 2.23. The lowest BCUT2D eigenvalue weighted by Crippen LogP contribution is -2.24. The Morgan fingerprint density at radius 2 is 1.59 bits per heavy atom. The van der Waals surface area contributed by atoms with E-state index in [1.165, 1.54) is 27.8 Å². The van der Waals surface area contributed by atoms with Gasteiger partial charge in [-0.1, -0.05) is 6.07 Å². The van der Waals surface area contributed by atoms with Crippen molar-refractivity contribution in [3.05, 3.63) is 33.9 Å². The molecule has 122 valence electrons. The molecule has 4 heteroatoms. The van der Waals surface area contributed by atoms with Crippen LogP contribution in [0.5, 0.6) is 0 Å². The number of aliphatic carboxylic acids is 1. The van der Waals surface area contributed by atoms with Gasteiger partial charge in [-0.3, -0.25) is 9.59 Å². The highest BCUT2D eigenvalue weighted by atomic mass is 16.4. The molecule has 0 aliphatic rings. The molecule has 0 saturated heterocycles. The molecule has 1 aromatic carbocycles. The molecule has 1 aromatic rings. The minimum atomic E-state index is -0.824. The number of rotatable bonds is 8. The lowest BCUT2D eigenvalue weighted by atomic mass is 9.91. The van der Waals surface area contributed by atoms with Crippen LogP contribution in [-0.2, 0) is 16.0 Å². The van der Waals surface area contributed by atoms with Crippen molar-refractivity contribution in [1.82, 2.24) is 5.32 Å². The Morgan fingerprint density at radius 3 is 2.14 bits per heavy atom. The smallest absolute Gasteiger partial charge is 0.303 e. The van der Waals surface area contributed by atoms with Gasteiger partial charge in [0.15, 0.2) is 0 Å². The van der Waals surface area contributed by atoms with Crippen molar-refractivity contribution in [2.45, 2.75) is 59.8 Å². The van der Waals surface area contributed by atoms with Crippen molar-refractivity contribution < 1.29 is 14.7 Å². The standard InChI is InChI=1S/C18H27NO3/c1-12-11-13(2)15(4)16(14(12)3)7-5-8-17(20)19-10-6-9-18(21)22/h11H,5-10H2,1-4H3,(H,19,20)(H,21,22). The first-order valence-corrected chi connectivity index (χ1v) is 7.87. The molecule has 0 fully saturated rings. The van der Waals surface area contributed by atoms with Crippen LogP contribution in [0.3, 0.4) is 0 Å². The summed E-state index contributed by atoms with van der Waals surface area (Å²) in [6.07, 6.45) is 2.79. The van der Waals surface area contributed by atoms with Crippen LogP contribution in [0.4, 0.5) is 0 Å². The van der Waals surface area contributed by atoms with Crippen LogP contribution in [0, 0.1) is 27.7 Å². The summed E-state index contributed by atoms with van der Waals surface area (Å²) >= 11 is 0. The Bertz CT molecular complexity index is 524. The number of nitrogens with one attached hydrogen (secondary N) is 1. The molecule has 0 radical (unpaired) electrons. The highest BCUT2D eigenvalue weighted by molar-refractivity contribution is 5.75. The molecular formula is C18H27NO3. The number of carbonyl (C=O) groups is 2. The number of carboxylic acid groups (broad SMARTS) is 1. The Hall–Kier alpha value is -1.84. The fourth-order valence-corrected chi connectivity index (χ4v) is 2.66. The summed E-state index contributed by atoms with van der Waals surface area (Å²) in [4.78, 5) is 22.1. The fourth-order valence-electron chi connectivity index (χ4n) is 2.66. The quantitative estimate of drug-likeness (QED) is 0.725. The van der Waals surface area contributed by atoms with Gasteiger partial charge in [0.05, 0.1) is 0 Å². The van der Waals surface area contributed by atoms with E-state index in [0.717, 1.165) is 12.8 Å². The summed E-state index contributed by atoms with van der Waals surface area (Å²) in [5.41, 5.74) is 6.61. The molecule has 4 nitrogen and oxygen atoms in total. The van der Waals surface area contributed by atoms with Gasteiger partial charge >= 0.3 is 5.97 Å². The van der Waals surface area contributed by atoms with Gasteiger partial charge in [0.2, 0.25) is 5.91 Å². The van der Waals surface area contributed by atoms with Crippen LogP contribution >= 0.6 is 0 Å². The molecule has 0 spiro atoms. The first kappa shape index (κ1) is 18.2. The lowest BCUT2D eigenvalue weighted by molar-refractivity contribution is -0.137. The molecule has 0 aliphatic heterocycles. The van der Waals surface area contributed by atoms with Crippen LogP contribution in [0.15, 0.2) is 6.07 Å². The first-order valence-electron chi connectivity index (χ1n) is 7.87. The van der Waals surface area contributed by atoms with E-state index < -0.39 is 5.97 Å². The van der Waals surface area contributed by atoms with Gasteiger partial charge in [0.1, 0.15) is 0 Å². The zero-order valence-electron chi connectivity index (χ0n) is 14.1. The maximum Gasteiger partial charge on any atom is 0.303 e. The number of hydrogen-bond donors (Lipinski definition) is 2. The van der Waals surface area contributed by atoms with Crippen LogP contribution in [0.25, 0.3) is 0 Å². The number of carboxylic acids is 1. The van der Waals surface area contributed by atoms with Gasteiger partial charge in [-0.15, -0.1) is 0 Å². The topological polar surface area (TPSA) is 66.4 Å². The normalized spacial score (nSPS) is 10.5. The van der Waals surface area contributed by atoms with Gasteiger partial charge in [-0.2, -0.15) is 0 Å². The molecule has 0 bridgehead atoms. The van der Waals surface area contributed by atoms with Crippen molar-refractivity contribution in [2.75, 3.05) is 6.54 Å². The SMILES string of the molecule is Cc1cc(C)c(C)c(CCCC(=O)NCCCC(=O)O)c1C. The summed E-state index contributed by atoms with van der Waals surface area (Å²) in [6, 6.07) is 2.21. The molecule has 0 unspecified atom stereocenters. The lowest BCUT2D eigenvalue weighted by Gasteiger charge is -2.15. The van der Waals surface area contributed by atoms with Crippen LogP contribution in [-0.4, -0.2) is 23.5 Å². The van der Waals surface area contributed by atoms with E-state index >= 15 is 0 Å². The Kier molecular flexibility index (Phi) is 7.09. The fraction of sp³-hybridized carbons (Fsp3) is 0.556. The van der Waals surface area contributed by atoms with E-state index in [0.29, 0.717) is 19.4 Å². The van der Waals surface area contributed by atoms with Crippen LogP contribution in [0.2, 0.25) is 0 Å². The molecule has 0 aromatic heterocycles. The average molecular weight is 305 g/mol. The van der Waals surface area contributed by atoms with Crippen molar-refractivity contribution in [3.63, 3.8) is 0 Å². The van der Waals surface area contributed by atoms with E-state index in [1.54, 1.807) is 0 Å². The van der Waals surface area contributed by atoms with Gasteiger partial charge in [0.25, 0.3) is 0 Å². The third-order valence-corrected chi connectivity index (χ3v) is 4.24. The molecule has 0 aliphatic carbocycles.